The van der Waals surface area contributed by atoms with Crippen LogP contribution in [0.1, 0.15) is 29.6 Å². The van der Waals surface area contributed by atoms with Gasteiger partial charge < -0.3 is 9.84 Å². The Morgan fingerprint density at radius 3 is 3.00 bits per heavy atom. The highest BCUT2D eigenvalue weighted by molar-refractivity contribution is 9.10. The van der Waals surface area contributed by atoms with Crippen LogP contribution >= 0.6 is 27.3 Å². The Morgan fingerprint density at radius 2 is 2.44 bits per heavy atom. The minimum Gasteiger partial charge on any atom is -0.340 e. The normalized spacial score (nSPS) is 12.9. The van der Waals surface area contributed by atoms with Crippen LogP contribution in [-0.4, -0.2) is 10.1 Å². The molecule has 4 nitrogen and oxygen atoms in total. The van der Waals surface area contributed by atoms with Gasteiger partial charge in [0.05, 0.1) is 6.54 Å². The number of rotatable bonds is 4. The number of hydrogen-bond donors (Lipinski definition) is 1. The van der Waals surface area contributed by atoms with Crippen molar-refractivity contribution >= 4 is 27.3 Å². The van der Waals surface area contributed by atoms with Gasteiger partial charge in [-0.15, -0.1) is 11.3 Å². The molecule has 0 spiro atoms. The van der Waals surface area contributed by atoms with Gasteiger partial charge >= 0.3 is 0 Å². The summed E-state index contributed by atoms with van der Waals surface area (Å²) in [5.74, 6) is 1.29. The number of hydrogen-bond acceptors (Lipinski definition) is 5. The van der Waals surface area contributed by atoms with E-state index in [0.29, 0.717) is 18.3 Å². The molecular formula is C10H12BrN3OS. The Bertz CT molecular complexity index is 468. The van der Waals surface area contributed by atoms with Crippen molar-refractivity contribution in [3.8, 4) is 0 Å². The zero-order valence-electron chi connectivity index (χ0n) is 9.03. The summed E-state index contributed by atoms with van der Waals surface area (Å²) in [6.45, 7) is 4.52. The van der Waals surface area contributed by atoms with E-state index in [2.05, 4.69) is 49.8 Å². The topological polar surface area (TPSA) is 51.0 Å². The molecule has 0 saturated carbocycles. The molecule has 0 saturated heterocycles. The Kier molecular flexibility index (Phi) is 3.73. The Hall–Kier alpha value is -0.720. The average Bonchev–Trinajstić information content (AvgIpc) is 2.84. The third-order valence-electron chi connectivity index (χ3n) is 2.15. The summed E-state index contributed by atoms with van der Waals surface area (Å²) in [6, 6.07) is 2.40. The second-order valence-electron chi connectivity index (χ2n) is 3.50. The summed E-state index contributed by atoms with van der Waals surface area (Å²) in [7, 11) is 0. The van der Waals surface area contributed by atoms with Gasteiger partial charge in [-0.25, -0.2) is 0 Å². The number of nitrogens with zero attached hydrogens (tertiary/aromatic N) is 2. The lowest BCUT2D eigenvalue weighted by Gasteiger charge is -2.09. The minimum absolute atomic E-state index is 0.287. The van der Waals surface area contributed by atoms with Crippen LogP contribution in [0.3, 0.4) is 0 Å². The van der Waals surface area contributed by atoms with Gasteiger partial charge in [-0.2, -0.15) is 4.98 Å². The number of aryl methyl sites for hydroxylation is 1. The quantitative estimate of drug-likeness (QED) is 0.943. The highest BCUT2D eigenvalue weighted by atomic mass is 79.9. The molecule has 0 radical (unpaired) electrons. The van der Waals surface area contributed by atoms with Gasteiger partial charge in [0.1, 0.15) is 0 Å². The summed E-state index contributed by atoms with van der Waals surface area (Å²) in [5, 5.41) is 9.25. The predicted molar refractivity (Wildman–Crippen MR) is 66.3 cm³/mol. The van der Waals surface area contributed by atoms with E-state index >= 15 is 0 Å². The number of aromatic nitrogens is 2. The average molecular weight is 302 g/mol. The summed E-state index contributed by atoms with van der Waals surface area (Å²) in [5.41, 5.74) is 0. The fraction of sp³-hybridized carbons (Fsp3) is 0.400. The van der Waals surface area contributed by atoms with E-state index in [1.165, 1.54) is 4.88 Å². The number of nitrogens with one attached hydrogen (secondary N) is 1. The van der Waals surface area contributed by atoms with Crippen LogP contribution in [0.25, 0.3) is 0 Å². The summed E-state index contributed by atoms with van der Waals surface area (Å²) < 4.78 is 6.02. The van der Waals surface area contributed by atoms with Crippen molar-refractivity contribution in [3.05, 3.63) is 32.5 Å². The first-order valence-electron chi connectivity index (χ1n) is 4.91. The fourth-order valence-corrected chi connectivity index (χ4v) is 2.79. The van der Waals surface area contributed by atoms with Crippen LogP contribution in [0.5, 0.6) is 0 Å². The molecule has 0 bridgehead atoms. The maximum Gasteiger partial charge on any atom is 0.223 e. The maximum atomic E-state index is 4.90. The number of thiophene rings is 1. The van der Waals surface area contributed by atoms with Crippen molar-refractivity contribution in [2.45, 2.75) is 26.4 Å². The zero-order chi connectivity index (χ0) is 11.5. The Labute approximate surface area is 106 Å². The second-order valence-corrected chi connectivity index (χ2v) is 5.36. The summed E-state index contributed by atoms with van der Waals surface area (Å²) in [4.78, 5) is 5.42. The van der Waals surface area contributed by atoms with Crippen molar-refractivity contribution in [1.29, 1.82) is 0 Å². The highest BCUT2D eigenvalue weighted by Crippen LogP contribution is 2.25. The summed E-state index contributed by atoms with van der Waals surface area (Å²) >= 11 is 5.17. The first-order chi connectivity index (χ1) is 7.65. The molecule has 0 aliphatic heterocycles. The molecule has 1 unspecified atom stereocenters. The van der Waals surface area contributed by atoms with Crippen LogP contribution < -0.4 is 5.32 Å². The van der Waals surface area contributed by atoms with E-state index in [1.807, 2.05) is 0 Å². The van der Waals surface area contributed by atoms with Gasteiger partial charge in [-0.3, -0.25) is 0 Å². The van der Waals surface area contributed by atoms with Crippen LogP contribution in [0.15, 0.2) is 20.4 Å². The molecule has 2 heterocycles. The van der Waals surface area contributed by atoms with Crippen LogP contribution in [0, 0.1) is 6.92 Å². The van der Waals surface area contributed by atoms with Crippen LogP contribution in [0.2, 0.25) is 0 Å². The molecule has 86 valence electrons. The molecule has 0 aliphatic carbocycles. The first kappa shape index (κ1) is 11.8. The predicted octanol–water partition coefficient (Wildman–Crippen LogP) is 3.05. The maximum absolute atomic E-state index is 4.90. The largest absolute Gasteiger partial charge is 0.340 e. The molecule has 0 fully saturated rings. The SMILES string of the molecule is Cc1nc(CNC(C)c2cc(Br)cs2)no1. The van der Waals surface area contributed by atoms with Gasteiger partial charge in [-0.1, -0.05) is 5.16 Å². The molecule has 1 N–H and O–H groups in total. The Balaban J connectivity index is 1.91. The van der Waals surface area contributed by atoms with Crippen molar-refractivity contribution < 1.29 is 4.52 Å². The van der Waals surface area contributed by atoms with E-state index < -0.39 is 0 Å². The molecule has 2 aromatic rings. The third kappa shape index (κ3) is 2.90. The van der Waals surface area contributed by atoms with Crippen molar-refractivity contribution in [2.24, 2.45) is 0 Å². The molecule has 2 rings (SSSR count). The fourth-order valence-electron chi connectivity index (χ4n) is 1.31. The van der Waals surface area contributed by atoms with Crippen LogP contribution in [-0.2, 0) is 6.54 Å². The monoisotopic (exact) mass is 301 g/mol. The lowest BCUT2D eigenvalue weighted by atomic mass is 10.3. The first-order valence-corrected chi connectivity index (χ1v) is 6.59. The molecule has 16 heavy (non-hydrogen) atoms. The van der Waals surface area contributed by atoms with Gasteiger partial charge in [0.2, 0.25) is 5.89 Å². The number of halogens is 1. The lowest BCUT2D eigenvalue weighted by molar-refractivity contribution is 0.384. The van der Waals surface area contributed by atoms with Gasteiger partial charge in [-0.05, 0) is 28.9 Å². The van der Waals surface area contributed by atoms with Gasteiger partial charge in [0, 0.05) is 27.7 Å². The highest BCUT2D eigenvalue weighted by Gasteiger charge is 2.09. The minimum atomic E-state index is 0.287. The van der Waals surface area contributed by atoms with E-state index in [0.717, 1.165) is 4.47 Å². The van der Waals surface area contributed by atoms with Crippen molar-refractivity contribution in [2.75, 3.05) is 0 Å². The molecule has 0 aliphatic rings. The van der Waals surface area contributed by atoms with Crippen molar-refractivity contribution in [1.82, 2.24) is 15.5 Å². The molecule has 2 aromatic heterocycles. The van der Waals surface area contributed by atoms with E-state index in [4.69, 9.17) is 4.52 Å². The molecule has 0 aromatic carbocycles. The molecule has 6 heteroatoms. The Morgan fingerprint density at radius 1 is 1.62 bits per heavy atom. The third-order valence-corrected chi connectivity index (χ3v) is 4.03. The van der Waals surface area contributed by atoms with Crippen molar-refractivity contribution in [3.63, 3.8) is 0 Å². The van der Waals surface area contributed by atoms with Gasteiger partial charge in [0.25, 0.3) is 0 Å². The smallest absolute Gasteiger partial charge is 0.223 e. The second kappa shape index (κ2) is 5.07. The molecule has 1 atom stereocenters. The van der Waals surface area contributed by atoms with E-state index in [-0.39, 0.29) is 6.04 Å². The zero-order valence-corrected chi connectivity index (χ0v) is 11.4. The lowest BCUT2D eigenvalue weighted by Crippen LogP contribution is -2.17. The van der Waals surface area contributed by atoms with E-state index in [9.17, 15) is 0 Å². The molecular weight excluding hydrogens is 290 g/mol. The van der Waals surface area contributed by atoms with Crippen LogP contribution in [0.4, 0.5) is 0 Å². The standard InChI is InChI=1S/C10H12BrN3OS/c1-6(9-3-8(11)5-16-9)12-4-10-13-7(2)15-14-10/h3,5-6,12H,4H2,1-2H3. The summed E-state index contributed by atoms with van der Waals surface area (Å²) in [6.07, 6.45) is 0. The van der Waals surface area contributed by atoms with Gasteiger partial charge in [0.15, 0.2) is 5.82 Å². The van der Waals surface area contributed by atoms with E-state index in [1.54, 1.807) is 18.3 Å². The molecule has 0 amide bonds.